The predicted molar refractivity (Wildman–Crippen MR) is 123 cm³/mol. The van der Waals surface area contributed by atoms with E-state index in [1.54, 1.807) is 43.5 Å². The van der Waals surface area contributed by atoms with Gasteiger partial charge in [0.2, 0.25) is 5.91 Å². The van der Waals surface area contributed by atoms with Gasteiger partial charge in [-0.3, -0.25) is 19.4 Å². The zero-order chi connectivity index (χ0) is 22.8. The Morgan fingerprint density at radius 2 is 1.59 bits per heavy atom. The van der Waals surface area contributed by atoms with E-state index in [1.807, 2.05) is 43.3 Å². The molecule has 1 fully saturated rings. The quantitative estimate of drug-likeness (QED) is 0.610. The minimum absolute atomic E-state index is 0.0927. The third-order valence-electron chi connectivity index (χ3n) is 5.54. The number of methoxy groups -OCH3 is 1. The van der Waals surface area contributed by atoms with Crippen LogP contribution < -0.4 is 19.4 Å². The van der Waals surface area contributed by atoms with Crippen molar-refractivity contribution >= 4 is 28.9 Å². The molecule has 1 aliphatic rings. The first-order chi connectivity index (χ1) is 15.4. The molecule has 1 unspecified atom stereocenters. The van der Waals surface area contributed by atoms with Crippen LogP contribution in [0.5, 0.6) is 5.75 Å². The van der Waals surface area contributed by atoms with E-state index in [0.29, 0.717) is 17.0 Å². The van der Waals surface area contributed by atoms with Gasteiger partial charge in [0, 0.05) is 25.5 Å². The fourth-order valence-corrected chi connectivity index (χ4v) is 3.85. The summed E-state index contributed by atoms with van der Waals surface area (Å²) in [5.41, 5.74) is 2.27. The van der Waals surface area contributed by atoms with Crippen molar-refractivity contribution in [2.75, 3.05) is 42.4 Å². The normalized spacial score (nSPS) is 16.3. The maximum Gasteiger partial charge on any atom is 0.255 e. The molecule has 0 aliphatic carbocycles. The molecule has 32 heavy (non-hydrogen) atoms. The summed E-state index contributed by atoms with van der Waals surface area (Å²) >= 11 is 0. The number of amides is 2. The molecule has 1 heterocycles. The molecular formula is C25H24FN3O3. The summed E-state index contributed by atoms with van der Waals surface area (Å²) in [5.74, 6) is -0.583. The summed E-state index contributed by atoms with van der Waals surface area (Å²) < 4.78 is 19.7. The van der Waals surface area contributed by atoms with Gasteiger partial charge in [-0.05, 0) is 54.1 Å². The summed E-state index contributed by atoms with van der Waals surface area (Å²) in [7, 11) is 5.41. The maximum absolute atomic E-state index is 14.5. The number of ether oxygens (including phenoxy) is 1. The summed E-state index contributed by atoms with van der Waals surface area (Å²) in [4.78, 5) is 31.6. The van der Waals surface area contributed by atoms with E-state index in [1.165, 1.54) is 21.9 Å². The topological polar surface area (TPSA) is 53.1 Å². The lowest BCUT2D eigenvalue weighted by Gasteiger charge is -2.40. The van der Waals surface area contributed by atoms with Crippen LogP contribution in [0.2, 0.25) is 0 Å². The minimum atomic E-state index is -0.930. The van der Waals surface area contributed by atoms with Gasteiger partial charge in [0.1, 0.15) is 24.2 Å². The van der Waals surface area contributed by atoms with Crippen LogP contribution in [0.1, 0.15) is 11.6 Å². The number of hydrogen-bond acceptors (Lipinski definition) is 4. The van der Waals surface area contributed by atoms with Gasteiger partial charge in [0.05, 0.1) is 12.8 Å². The Labute approximate surface area is 186 Å². The highest BCUT2D eigenvalue weighted by molar-refractivity contribution is 6.14. The summed E-state index contributed by atoms with van der Waals surface area (Å²) in [6.07, 6.45) is 0. The van der Waals surface area contributed by atoms with Crippen LogP contribution in [-0.2, 0) is 9.59 Å². The van der Waals surface area contributed by atoms with Crippen LogP contribution in [0.3, 0.4) is 0 Å². The fourth-order valence-electron chi connectivity index (χ4n) is 3.85. The van der Waals surface area contributed by atoms with Gasteiger partial charge in [-0.25, -0.2) is 4.39 Å². The molecule has 3 aromatic rings. The highest BCUT2D eigenvalue weighted by atomic mass is 19.1. The lowest BCUT2D eigenvalue weighted by atomic mass is 9.99. The van der Waals surface area contributed by atoms with Gasteiger partial charge in [-0.15, -0.1) is 0 Å². The molecule has 1 saturated heterocycles. The molecule has 2 amide bonds. The molecule has 0 aromatic heterocycles. The van der Waals surface area contributed by atoms with Crippen molar-refractivity contribution in [1.29, 1.82) is 0 Å². The van der Waals surface area contributed by atoms with E-state index in [-0.39, 0.29) is 24.0 Å². The molecule has 7 heteroatoms. The van der Waals surface area contributed by atoms with Crippen molar-refractivity contribution in [2.45, 2.75) is 6.04 Å². The molecular weight excluding hydrogens is 409 g/mol. The van der Waals surface area contributed by atoms with Crippen LogP contribution in [0.4, 0.5) is 21.5 Å². The fraction of sp³-hybridized carbons (Fsp3) is 0.200. The van der Waals surface area contributed by atoms with E-state index in [9.17, 15) is 14.0 Å². The van der Waals surface area contributed by atoms with E-state index in [4.69, 9.17) is 4.74 Å². The molecule has 0 N–H and O–H groups in total. The van der Waals surface area contributed by atoms with Gasteiger partial charge < -0.3 is 9.64 Å². The average Bonchev–Trinajstić information content (AvgIpc) is 2.81. The van der Waals surface area contributed by atoms with E-state index in [2.05, 4.69) is 0 Å². The number of halogens is 1. The van der Waals surface area contributed by atoms with Crippen molar-refractivity contribution in [3.63, 3.8) is 0 Å². The van der Waals surface area contributed by atoms with Crippen LogP contribution in [-0.4, -0.2) is 39.6 Å². The van der Waals surface area contributed by atoms with E-state index >= 15 is 0 Å². The van der Waals surface area contributed by atoms with Gasteiger partial charge in [0.15, 0.2) is 0 Å². The Morgan fingerprint density at radius 1 is 0.938 bits per heavy atom. The van der Waals surface area contributed by atoms with Crippen LogP contribution in [0.15, 0.2) is 72.8 Å². The molecule has 4 rings (SSSR count). The lowest BCUT2D eigenvalue weighted by molar-refractivity contribution is -0.128. The molecule has 3 aromatic carbocycles. The van der Waals surface area contributed by atoms with Crippen molar-refractivity contribution < 1.29 is 18.7 Å². The number of carbonyl (C=O) groups is 2. The average molecular weight is 433 g/mol. The molecule has 0 radical (unpaired) electrons. The van der Waals surface area contributed by atoms with Crippen molar-refractivity contribution in [1.82, 2.24) is 0 Å². The molecule has 1 aliphatic heterocycles. The third-order valence-corrected chi connectivity index (χ3v) is 5.54. The Kier molecular flexibility index (Phi) is 5.81. The number of benzene rings is 3. The molecule has 0 saturated carbocycles. The SMILES string of the molecule is COc1ccc(N2C(=O)CN(c3ccccc3F)C(=O)C2c2ccc(N(C)C)cc2)cc1. The second-order valence-corrected chi connectivity index (χ2v) is 7.73. The highest BCUT2D eigenvalue weighted by Gasteiger charge is 2.42. The summed E-state index contributed by atoms with van der Waals surface area (Å²) in [6, 6.07) is 19.4. The van der Waals surface area contributed by atoms with Gasteiger partial charge >= 0.3 is 0 Å². The monoisotopic (exact) mass is 433 g/mol. The second-order valence-electron chi connectivity index (χ2n) is 7.73. The number of para-hydroxylation sites is 1. The smallest absolute Gasteiger partial charge is 0.255 e. The van der Waals surface area contributed by atoms with E-state index < -0.39 is 11.9 Å². The van der Waals surface area contributed by atoms with Crippen LogP contribution in [0.25, 0.3) is 0 Å². The van der Waals surface area contributed by atoms with Crippen LogP contribution in [0, 0.1) is 5.82 Å². The third kappa shape index (κ3) is 3.89. The maximum atomic E-state index is 14.5. The number of piperazine rings is 1. The minimum Gasteiger partial charge on any atom is -0.497 e. The Bertz CT molecular complexity index is 1130. The number of nitrogens with zero attached hydrogens (tertiary/aromatic N) is 3. The molecule has 0 spiro atoms. The van der Waals surface area contributed by atoms with Gasteiger partial charge in [-0.1, -0.05) is 24.3 Å². The first kappa shape index (κ1) is 21.4. The van der Waals surface area contributed by atoms with E-state index in [0.717, 1.165) is 5.69 Å². The number of rotatable bonds is 5. The van der Waals surface area contributed by atoms with Crippen LogP contribution >= 0.6 is 0 Å². The predicted octanol–water partition coefficient (Wildman–Crippen LogP) is 4.02. The first-order valence-corrected chi connectivity index (χ1v) is 10.2. The zero-order valence-corrected chi connectivity index (χ0v) is 18.2. The zero-order valence-electron chi connectivity index (χ0n) is 18.2. The standard InChI is InChI=1S/C25H24FN3O3/c1-27(2)18-10-8-17(9-11-18)24-25(31)28(22-7-5-4-6-21(22)26)16-23(30)29(24)19-12-14-20(32-3)15-13-19/h4-15,24H,16H2,1-3H3. The number of carbonyl (C=O) groups excluding carboxylic acids is 2. The Balaban J connectivity index is 1.80. The number of hydrogen-bond donors (Lipinski definition) is 0. The second kappa shape index (κ2) is 8.70. The molecule has 1 atom stereocenters. The first-order valence-electron chi connectivity index (χ1n) is 10.2. The number of anilines is 3. The van der Waals surface area contributed by atoms with Gasteiger partial charge in [0.25, 0.3) is 5.91 Å². The highest BCUT2D eigenvalue weighted by Crippen LogP contribution is 2.36. The van der Waals surface area contributed by atoms with Crippen molar-refractivity contribution in [3.05, 3.63) is 84.2 Å². The molecule has 0 bridgehead atoms. The Hall–Kier alpha value is -3.87. The lowest BCUT2D eigenvalue weighted by Crippen LogP contribution is -2.56. The summed E-state index contributed by atoms with van der Waals surface area (Å²) in [5, 5.41) is 0. The molecule has 164 valence electrons. The Morgan fingerprint density at radius 3 is 2.19 bits per heavy atom. The molecule has 6 nitrogen and oxygen atoms in total. The van der Waals surface area contributed by atoms with Crippen molar-refractivity contribution in [3.8, 4) is 5.75 Å². The van der Waals surface area contributed by atoms with Gasteiger partial charge in [-0.2, -0.15) is 0 Å². The largest absolute Gasteiger partial charge is 0.497 e. The van der Waals surface area contributed by atoms with Crippen molar-refractivity contribution in [2.24, 2.45) is 0 Å². The summed E-state index contributed by atoms with van der Waals surface area (Å²) in [6.45, 7) is -0.252.